The van der Waals surface area contributed by atoms with Crippen molar-refractivity contribution >= 4 is 11.6 Å². The third kappa shape index (κ3) is 2.87. The fourth-order valence-electron chi connectivity index (χ4n) is 3.50. The monoisotopic (exact) mass is 359 g/mol. The molecule has 27 heavy (non-hydrogen) atoms. The van der Waals surface area contributed by atoms with E-state index in [1.165, 1.54) is 6.26 Å². The number of rotatable bonds is 3. The SMILES string of the molecule is O=C(c1ccco1)N1CC[C@@H](c2nc3ccc(-c4ccncc4)cn3n2)C1. The largest absolute Gasteiger partial charge is 0.459 e. The maximum absolute atomic E-state index is 12.4. The second-order valence-corrected chi connectivity index (χ2v) is 6.64. The van der Waals surface area contributed by atoms with Gasteiger partial charge in [0, 0.05) is 43.2 Å². The zero-order chi connectivity index (χ0) is 18.2. The van der Waals surface area contributed by atoms with Gasteiger partial charge in [-0.25, -0.2) is 9.50 Å². The van der Waals surface area contributed by atoms with Crippen molar-refractivity contribution in [2.45, 2.75) is 12.3 Å². The molecule has 5 heterocycles. The molecule has 0 N–H and O–H groups in total. The van der Waals surface area contributed by atoms with E-state index in [2.05, 4.69) is 15.1 Å². The molecule has 7 nitrogen and oxygen atoms in total. The van der Waals surface area contributed by atoms with Gasteiger partial charge in [-0.2, -0.15) is 5.10 Å². The van der Waals surface area contributed by atoms with Gasteiger partial charge >= 0.3 is 0 Å². The third-order valence-corrected chi connectivity index (χ3v) is 4.93. The Morgan fingerprint density at radius 3 is 2.81 bits per heavy atom. The Hall–Kier alpha value is -3.48. The molecule has 1 amide bonds. The smallest absolute Gasteiger partial charge is 0.289 e. The number of aromatic nitrogens is 4. The number of furan rings is 1. The van der Waals surface area contributed by atoms with Gasteiger partial charge in [-0.1, -0.05) is 0 Å². The number of likely N-dealkylation sites (tertiary alicyclic amines) is 1. The van der Waals surface area contributed by atoms with Crippen LogP contribution in [0.4, 0.5) is 0 Å². The molecule has 134 valence electrons. The van der Waals surface area contributed by atoms with Crippen LogP contribution in [0.2, 0.25) is 0 Å². The maximum atomic E-state index is 12.4. The van der Waals surface area contributed by atoms with Crippen LogP contribution >= 0.6 is 0 Å². The highest BCUT2D eigenvalue weighted by Gasteiger charge is 2.31. The lowest BCUT2D eigenvalue weighted by Gasteiger charge is -2.13. The lowest BCUT2D eigenvalue weighted by atomic mass is 10.1. The molecule has 1 aliphatic heterocycles. The molecule has 4 aromatic rings. The summed E-state index contributed by atoms with van der Waals surface area (Å²) in [4.78, 5) is 23.0. The molecule has 0 bridgehead atoms. The van der Waals surface area contributed by atoms with Crippen LogP contribution in [0.15, 0.2) is 65.7 Å². The van der Waals surface area contributed by atoms with Crippen molar-refractivity contribution in [1.29, 1.82) is 0 Å². The molecule has 0 spiro atoms. The van der Waals surface area contributed by atoms with Crippen LogP contribution in [0.3, 0.4) is 0 Å². The molecule has 0 radical (unpaired) electrons. The molecule has 1 atom stereocenters. The average molecular weight is 359 g/mol. The van der Waals surface area contributed by atoms with Crippen molar-refractivity contribution in [3.63, 3.8) is 0 Å². The fraction of sp³-hybridized carbons (Fsp3) is 0.200. The molecular formula is C20H17N5O2. The van der Waals surface area contributed by atoms with Crippen LogP contribution in [0.25, 0.3) is 16.8 Å². The minimum Gasteiger partial charge on any atom is -0.459 e. The first-order valence-electron chi connectivity index (χ1n) is 8.87. The van der Waals surface area contributed by atoms with Gasteiger partial charge in [-0.3, -0.25) is 9.78 Å². The summed E-state index contributed by atoms with van der Waals surface area (Å²) in [6.07, 6.45) is 7.89. The number of amides is 1. The Balaban J connectivity index is 1.39. The quantitative estimate of drug-likeness (QED) is 0.562. The lowest BCUT2D eigenvalue weighted by molar-refractivity contribution is 0.0759. The number of carbonyl (C=O) groups is 1. The first-order valence-corrected chi connectivity index (χ1v) is 8.87. The standard InChI is InChI=1S/C20H17N5O2/c26-20(17-2-1-11-27-17)24-10-7-16(12-24)19-22-18-4-3-15(13-25(18)23-19)14-5-8-21-9-6-14/h1-6,8-9,11,13,16H,7,10,12H2/t16-/m1/s1. The highest BCUT2D eigenvalue weighted by Crippen LogP contribution is 2.27. The van der Waals surface area contributed by atoms with Gasteiger partial charge < -0.3 is 9.32 Å². The predicted octanol–water partition coefficient (Wildman–Crippen LogP) is 3.01. The van der Waals surface area contributed by atoms with E-state index in [0.717, 1.165) is 29.0 Å². The normalized spacial score (nSPS) is 16.9. The summed E-state index contributed by atoms with van der Waals surface area (Å²) >= 11 is 0. The van der Waals surface area contributed by atoms with Crippen LogP contribution in [0.5, 0.6) is 0 Å². The summed E-state index contributed by atoms with van der Waals surface area (Å²) in [6.45, 7) is 1.29. The second-order valence-electron chi connectivity index (χ2n) is 6.64. The highest BCUT2D eigenvalue weighted by atomic mass is 16.3. The molecule has 5 rings (SSSR count). The molecule has 0 unspecified atom stereocenters. The summed E-state index contributed by atoms with van der Waals surface area (Å²) < 4.78 is 7.03. The van der Waals surface area contributed by atoms with Crippen molar-refractivity contribution in [1.82, 2.24) is 24.5 Å². The van der Waals surface area contributed by atoms with E-state index < -0.39 is 0 Å². The van der Waals surface area contributed by atoms with Crippen molar-refractivity contribution in [3.05, 3.63) is 72.8 Å². The first-order chi connectivity index (χ1) is 13.3. The van der Waals surface area contributed by atoms with E-state index in [0.29, 0.717) is 18.8 Å². The zero-order valence-electron chi connectivity index (χ0n) is 14.5. The lowest BCUT2D eigenvalue weighted by Crippen LogP contribution is -2.28. The van der Waals surface area contributed by atoms with Gasteiger partial charge in [0.15, 0.2) is 17.2 Å². The van der Waals surface area contributed by atoms with Crippen molar-refractivity contribution in [2.75, 3.05) is 13.1 Å². The van der Waals surface area contributed by atoms with E-state index in [1.54, 1.807) is 29.4 Å². The van der Waals surface area contributed by atoms with Crippen LogP contribution in [0.1, 0.15) is 28.7 Å². The Morgan fingerprint density at radius 2 is 2.00 bits per heavy atom. The van der Waals surface area contributed by atoms with E-state index in [9.17, 15) is 4.79 Å². The molecule has 0 aromatic carbocycles. The van der Waals surface area contributed by atoms with E-state index >= 15 is 0 Å². The number of pyridine rings is 2. The minimum absolute atomic E-state index is 0.0776. The van der Waals surface area contributed by atoms with E-state index in [4.69, 9.17) is 4.42 Å². The highest BCUT2D eigenvalue weighted by molar-refractivity contribution is 5.91. The minimum atomic E-state index is -0.0776. The molecule has 1 saturated heterocycles. The predicted molar refractivity (Wildman–Crippen MR) is 98.2 cm³/mol. The van der Waals surface area contributed by atoms with Gasteiger partial charge in [0.05, 0.1) is 6.26 Å². The van der Waals surface area contributed by atoms with Gasteiger partial charge in [0.1, 0.15) is 0 Å². The van der Waals surface area contributed by atoms with Gasteiger partial charge in [0.2, 0.25) is 0 Å². The van der Waals surface area contributed by atoms with E-state index in [1.807, 2.05) is 35.0 Å². The molecule has 4 aromatic heterocycles. The fourth-order valence-corrected chi connectivity index (χ4v) is 3.50. The number of carbonyl (C=O) groups excluding carboxylic acids is 1. The summed E-state index contributed by atoms with van der Waals surface area (Å²) in [5.41, 5.74) is 2.95. The Bertz CT molecular complexity index is 1090. The van der Waals surface area contributed by atoms with Crippen LogP contribution in [-0.4, -0.2) is 43.5 Å². The number of nitrogens with zero attached hydrogens (tertiary/aromatic N) is 5. The first kappa shape index (κ1) is 15.7. The summed E-state index contributed by atoms with van der Waals surface area (Å²) in [6, 6.07) is 11.4. The third-order valence-electron chi connectivity index (χ3n) is 4.93. The summed E-state index contributed by atoms with van der Waals surface area (Å²) in [5, 5.41) is 4.67. The van der Waals surface area contributed by atoms with Crippen molar-refractivity contribution in [2.24, 2.45) is 0 Å². The summed E-state index contributed by atoms with van der Waals surface area (Å²) in [7, 11) is 0. The zero-order valence-corrected chi connectivity index (χ0v) is 14.5. The van der Waals surface area contributed by atoms with Crippen molar-refractivity contribution in [3.8, 4) is 11.1 Å². The molecule has 0 aliphatic carbocycles. The molecule has 1 fully saturated rings. The number of hydrogen-bond donors (Lipinski definition) is 0. The number of hydrogen-bond acceptors (Lipinski definition) is 5. The maximum Gasteiger partial charge on any atom is 0.289 e. The van der Waals surface area contributed by atoms with Gasteiger partial charge in [-0.15, -0.1) is 0 Å². The van der Waals surface area contributed by atoms with Crippen LogP contribution in [0, 0.1) is 0 Å². The van der Waals surface area contributed by atoms with Crippen LogP contribution in [-0.2, 0) is 0 Å². The Labute approximate surface area is 155 Å². The van der Waals surface area contributed by atoms with E-state index in [-0.39, 0.29) is 11.8 Å². The number of fused-ring (bicyclic) bond motifs is 1. The van der Waals surface area contributed by atoms with Crippen LogP contribution < -0.4 is 0 Å². The Morgan fingerprint density at radius 1 is 1.11 bits per heavy atom. The van der Waals surface area contributed by atoms with Gasteiger partial charge in [-0.05, 0) is 48.4 Å². The summed E-state index contributed by atoms with van der Waals surface area (Å²) in [5.74, 6) is 1.21. The van der Waals surface area contributed by atoms with Crippen molar-refractivity contribution < 1.29 is 9.21 Å². The average Bonchev–Trinajstić information content (AvgIpc) is 3.47. The molecule has 1 aliphatic rings. The Kier molecular flexibility index (Phi) is 3.71. The second kappa shape index (κ2) is 6.35. The van der Waals surface area contributed by atoms with Gasteiger partial charge in [0.25, 0.3) is 5.91 Å². The molecule has 7 heteroatoms. The topological polar surface area (TPSA) is 76.5 Å². The molecular weight excluding hydrogens is 342 g/mol. The molecule has 0 saturated carbocycles.